The molecule has 0 unspecified atom stereocenters. The Morgan fingerprint density at radius 3 is 2.27 bits per heavy atom. The van der Waals surface area contributed by atoms with Crippen LogP contribution >= 0.6 is 11.6 Å². The van der Waals surface area contributed by atoms with E-state index in [1.165, 1.54) is 12.1 Å². The van der Waals surface area contributed by atoms with Crippen molar-refractivity contribution in [3.05, 3.63) is 29.3 Å². The Morgan fingerprint density at radius 1 is 0.962 bits per heavy atom. The van der Waals surface area contributed by atoms with E-state index in [2.05, 4.69) is 14.8 Å². The fourth-order valence-electron chi connectivity index (χ4n) is 3.51. The van der Waals surface area contributed by atoms with Gasteiger partial charge < -0.3 is 20.4 Å². The molecule has 0 spiro atoms. The third-order valence-electron chi connectivity index (χ3n) is 5.10. The second-order valence-electron chi connectivity index (χ2n) is 6.88. The lowest BCUT2D eigenvalue weighted by molar-refractivity contribution is -0.131. The van der Waals surface area contributed by atoms with Gasteiger partial charge in [0.15, 0.2) is 5.96 Å². The van der Waals surface area contributed by atoms with Crippen LogP contribution in [0.25, 0.3) is 0 Å². The molecule has 0 aliphatic carbocycles. The minimum absolute atomic E-state index is 0.203. The molecule has 7 heteroatoms. The van der Waals surface area contributed by atoms with E-state index in [9.17, 15) is 4.79 Å². The standard InChI is InChI=1S/C19H28ClN5O/c20-16-4-6-17(7-5-16)23-12-14-25(15-13-23)19(21)22-9-8-18(26)24-10-2-1-3-11-24/h4-7H,1-3,8-15H2,(H2,21,22). The molecule has 1 aromatic carbocycles. The van der Waals surface area contributed by atoms with Gasteiger partial charge >= 0.3 is 0 Å². The molecule has 0 saturated carbocycles. The number of anilines is 1. The minimum atomic E-state index is 0.203. The number of rotatable bonds is 4. The van der Waals surface area contributed by atoms with Crippen LogP contribution in [0.4, 0.5) is 5.69 Å². The predicted octanol–water partition coefficient (Wildman–Crippen LogP) is 2.18. The molecule has 3 rings (SSSR count). The number of benzene rings is 1. The second-order valence-corrected chi connectivity index (χ2v) is 7.32. The molecule has 6 nitrogen and oxygen atoms in total. The van der Waals surface area contributed by atoms with Gasteiger partial charge in [0.05, 0.1) is 6.54 Å². The summed E-state index contributed by atoms with van der Waals surface area (Å²) in [7, 11) is 0. The topological polar surface area (TPSA) is 65.2 Å². The highest BCUT2D eigenvalue weighted by Gasteiger charge is 2.19. The minimum Gasteiger partial charge on any atom is -0.370 e. The molecule has 0 atom stereocenters. The third kappa shape index (κ3) is 5.04. The molecule has 0 aromatic heterocycles. The number of hydrogen-bond donors (Lipinski definition) is 1. The van der Waals surface area contributed by atoms with Crippen LogP contribution in [0.2, 0.25) is 5.02 Å². The van der Waals surface area contributed by atoms with Crippen LogP contribution in [0.1, 0.15) is 25.7 Å². The first-order chi connectivity index (χ1) is 12.6. The largest absolute Gasteiger partial charge is 0.370 e. The number of halogens is 1. The van der Waals surface area contributed by atoms with Crippen LogP contribution in [0.5, 0.6) is 0 Å². The van der Waals surface area contributed by atoms with Crippen molar-refractivity contribution in [2.45, 2.75) is 25.7 Å². The van der Waals surface area contributed by atoms with Gasteiger partial charge in [-0.1, -0.05) is 11.6 Å². The zero-order valence-electron chi connectivity index (χ0n) is 15.2. The molecule has 1 aromatic rings. The Labute approximate surface area is 160 Å². The second kappa shape index (κ2) is 9.12. The number of nitrogens with two attached hydrogens (primary N) is 1. The highest BCUT2D eigenvalue weighted by atomic mass is 35.5. The highest BCUT2D eigenvalue weighted by Crippen LogP contribution is 2.19. The average Bonchev–Trinajstić information content (AvgIpc) is 2.69. The summed E-state index contributed by atoms with van der Waals surface area (Å²) in [6.07, 6.45) is 3.92. The van der Waals surface area contributed by atoms with Crippen molar-refractivity contribution in [2.24, 2.45) is 10.7 Å². The Hall–Kier alpha value is -1.95. The Morgan fingerprint density at radius 2 is 1.62 bits per heavy atom. The number of aliphatic imine (C=N–C) groups is 1. The summed E-state index contributed by atoms with van der Waals surface area (Å²) in [5.74, 6) is 0.751. The zero-order valence-corrected chi connectivity index (χ0v) is 16.0. The van der Waals surface area contributed by atoms with E-state index in [0.717, 1.165) is 57.1 Å². The lowest BCUT2D eigenvalue weighted by Gasteiger charge is -2.36. The van der Waals surface area contributed by atoms with Crippen LogP contribution in [0.15, 0.2) is 29.3 Å². The van der Waals surface area contributed by atoms with E-state index in [0.29, 0.717) is 18.9 Å². The van der Waals surface area contributed by atoms with Crippen molar-refractivity contribution in [1.29, 1.82) is 0 Å². The first kappa shape index (κ1) is 18.8. The molecule has 26 heavy (non-hydrogen) atoms. The first-order valence-electron chi connectivity index (χ1n) is 9.46. The lowest BCUT2D eigenvalue weighted by Crippen LogP contribution is -2.51. The molecule has 0 bridgehead atoms. The lowest BCUT2D eigenvalue weighted by atomic mass is 10.1. The number of carbonyl (C=O) groups excluding carboxylic acids is 1. The van der Waals surface area contributed by atoms with Crippen LogP contribution in [-0.4, -0.2) is 67.5 Å². The summed E-state index contributed by atoms with van der Waals surface area (Å²) in [5.41, 5.74) is 7.31. The van der Waals surface area contributed by atoms with E-state index in [1.54, 1.807) is 0 Å². The smallest absolute Gasteiger partial charge is 0.224 e. The van der Waals surface area contributed by atoms with Gasteiger partial charge in [-0.3, -0.25) is 9.79 Å². The summed E-state index contributed by atoms with van der Waals surface area (Å²) in [6, 6.07) is 7.92. The fraction of sp³-hybridized carbons (Fsp3) is 0.579. The molecule has 142 valence electrons. The van der Waals surface area contributed by atoms with Crippen molar-refractivity contribution >= 4 is 29.2 Å². The maximum absolute atomic E-state index is 12.2. The van der Waals surface area contributed by atoms with Crippen molar-refractivity contribution in [1.82, 2.24) is 9.80 Å². The summed E-state index contributed by atoms with van der Waals surface area (Å²) in [6.45, 7) is 5.71. The molecule has 2 aliphatic rings. The van der Waals surface area contributed by atoms with Crippen LogP contribution < -0.4 is 10.6 Å². The number of hydrogen-bond acceptors (Lipinski definition) is 3. The average molecular weight is 378 g/mol. The molecular formula is C19H28ClN5O. The molecule has 2 aliphatic heterocycles. The van der Waals surface area contributed by atoms with Gasteiger partial charge in [-0.2, -0.15) is 0 Å². The van der Waals surface area contributed by atoms with E-state index in [-0.39, 0.29) is 5.91 Å². The molecule has 0 radical (unpaired) electrons. The summed E-state index contributed by atoms with van der Waals surface area (Å²) in [4.78, 5) is 23.0. The van der Waals surface area contributed by atoms with E-state index in [1.807, 2.05) is 29.2 Å². The molecule has 2 N–H and O–H groups in total. The van der Waals surface area contributed by atoms with Gasteiger partial charge in [0.1, 0.15) is 0 Å². The fourth-order valence-corrected chi connectivity index (χ4v) is 3.64. The van der Waals surface area contributed by atoms with Crippen LogP contribution in [-0.2, 0) is 4.79 Å². The maximum Gasteiger partial charge on any atom is 0.224 e. The van der Waals surface area contributed by atoms with E-state index >= 15 is 0 Å². The predicted molar refractivity (Wildman–Crippen MR) is 107 cm³/mol. The zero-order chi connectivity index (χ0) is 18.4. The van der Waals surface area contributed by atoms with Crippen molar-refractivity contribution < 1.29 is 4.79 Å². The van der Waals surface area contributed by atoms with Gasteiger partial charge in [0, 0.05) is 56.4 Å². The first-order valence-corrected chi connectivity index (χ1v) is 9.84. The number of piperidine rings is 1. The van der Waals surface area contributed by atoms with Gasteiger partial charge in [-0.25, -0.2) is 0 Å². The Bertz CT molecular complexity index is 619. The molecule has 2 heterocycles. The summed E-state index contributed by atoms with van der Waals surface area (Å²) < 4.78 is 0. The third-order valence-corrected chi connectivity index (χ3v) is 5.36. The Kier molecular flexibility index (Phi) is 6.61. The van der Waals surface area contributed by atoms with Gasteiger partial charge in [-0.15, -0.1) is 0 Å². The molecular weight excluding hydrogens is 350 g/mol. The number of guanidine groups is 1. The van der Waals surface area contributed by atoms with Crippen molar-refractivity contribution in [3.8, 4) is 0 Å². The van der Waals surface area contributed by atoms with Crippen LogP contribution in [0.3, 0.4) is 0 Å². The Balaban J connectivity index is 1.42. The van der Waals surface area contributed by atoms with Gasteiger partial charge in [-0.05, 0) is 43.5 Å². The summed E-state index contributed by atoms with van der Waals surface area (Å²) in [5, 5.41) is 0.753. The number of carbonyl (C=O) groups is 1. The molecule has 2 saturated heterocycles. The number of likely N-dealkylation sites (tertiary alicyclic amines) is 1. The van der Waals surface area contributed by atoms with E-state index in [4.69, 9.17) is 17.3 Å². The van der Waals surface area contributed by atoms with Crippen molar-refractivity contribution in [3.63, 3.8) is 0 Å². The van der Waals surface area contributed by atoms with Crippen LogP contribution in [0, 0.1) is 0 Å². The monoisotopic (exact) mass is 377 g/mol. The quantitative estimate of drug-likeness (QED) is 0.645. The SMILES string of the molecule is NC(=NCCC(=O)N1CCCCC1)N1CCN(c2ccc(Cl)cc2)CC1. The van der Waals surface area contributed by atoms with E-state index < -0.39 is 0 Å². The van der Waals surface area contributed by atoms with Crippen molar-refractivity contribution in [2.75, 3.05) is 50.7 Å². The summed E-state index contributed by atoms with van der Waals surface area (Å²) >= 11 is 5.95. The maximum atomic E-state index is 12.2. The molecule has 1 amide bonds. The van der Waals surface area contributed by atoms with Gasteiger partial charge in [0.25, 0.3) is 0 Å². The number of piperazine rings is 1. The van der Waals surface area contributed by atoms with Gasteiger partial charge in [0.2, 0.25) is 5.91 Å². The highest BCUT2D eigenvalue weighted by molar-refractivity contribution is 6.30. The molecule has 2 fully saturated rings. The normalized spacial score (nSPS) is 19.0. The number of amides is 1. The number of nitrogens with zero attached hydrogens (tertiary/aromatic N) is 4.